The van der Waals surface area contributed by atoms with Gasteiger partial charge in [0.1, 0.15) is 5.82 Å². The van der Waals surface area contributed by atoms with Crippen molar-refractivity contribution < 1.29 is 9.13 Å². The fourth-order valence-electron chi connectivity index (χ4n) is 4.81. The maximum absolute atomic E-state index is 13.6. The van der Waals surface area contributed by atoms with Crippen LogP contribution in [0.1, 0.15) is 29.7 Å². The van der Waals surface area contributed by atoms with Crippen LogP contribution in [0.25, 0.3) is 21.3 Å². The lowest BCUT2D eigenvalue weighted by atomic mass is 9.74. The largest absolute Gasteiger partial charge is 0.368 e. The molecule has 5 rings (SSSR count). The number of halogens is 1. The molecule has 2 heterocycles. The molecule has 0 saturated heterocycles. The molecular formula is C26H25FN2OS. The topological polar surface area (TPSA) is 25.4 Å². The molecule has 0 fully saturated rings. The van der Waals surface area contributed by atoms with Gasteiger partial charge in [0, 0.05) is 12.0 Å². The van der Waals surface area contributed by atoms with E-state index in [1.807, 2.05) is 17.6 Å². The van der Waals surface area contributed by atoms with Crippen LogP contribution in [0, 0.1) is 5.82 Å². The van der Waals surface area contributed by atoms with Crippen molar-refractivity contribution in [2.75, 3.05) is 20.6 Å². The van der Waals surface area contributed by atoms with Crippen LogP contribution < -0.4 is 0 Å². The Bertz CT molecular complexity index is 1230. The van der Waals surface area contributed by atoms with Crippen molar-refractivity contribution in [3.63, 3.8) is 0 Å². The van der Waals surface area contributed by atoms with Gasteiger partial charge in [0.05, 0.1) is 28.4 Å². The van der Waals surface area contributed by atoms with Gasteiger partial charge in [-0.2, -0.15) is 0 Å². The van der Waals surface area contributed by atoms with Gasteiger partial charge in [0.15, 0.2) is 0 Å². The molecule has 2 atom stereocenters. The van der Waals surface area contributed by atoms with Crippen LogP contribution in [0.3, 0.4) is 0 Å². The summed E-state index contributed by atoms with van der Waals surface area (Å²) in [5.74, 6) is -0.217. The fraction of sp³-hybridized carbons (Fsp3) is 0.269. The molecule has 4 aromatic rings. The predicted molar refractivity (Wildman–Crippen MR) is 125 cm³/mol. The van der Waals surface area contributed by atoms with E-state index in [1.54, 1.807) is 11.3 Å². The Morgan fingerprint density at radius 2 is 1.81 bits per heavy atom. The Morgan fingerprint density at radius 3 is 2.58 bits per heavy atom. The first kappa shape index (κ1) is 20.3. The van der Waals surface area contributed by atoms with E-state index in [4.69, 9.17) is 4.74 Å². The first-order valence-corrected chi connectivity index (χ1v) is 11.3. The van der Waals surface area contributed by atoms with E-state index in [0.717, 1.165) is 17.6 Å². The number of hydrogen-bond donors (Lipinski definition) is 0. The molecule has 0 spiro atoms. The highest BCUT2D eigenvalue weighted by atomic mass is 32.1. The number of ether oxygens (including phenoxy) is 1. The van der Waals surface area contributed by atoms with Crippen LogP contribution in [-0.4, -0.2) is 30.5 Å². The molecule has 0 aliphatic carbocycles. The maximum atomic E-state index is 13.6. The number of benzene rings is 3. The zero-order valence-corrected chi connectivity index (χ0v) is 18.7. The molecule has 0 N–H and O–H groups in total. The molecule has 0 amide bonds. The molecule has 0 saturated carbocycles. The van der Waals surface area contributed by atoms with E-state index in [2.05, 4.69) is 67.3 Å². The van der Waals surface area contributed by atoms with Crippen LogP contribution in [0.2, 0.25) is 0 Å². The van der Waals surface area contributed by atoms with E-state index in [9.17, 15) is 4.39 Å². The van der Waals surface area contributed by atoms with Crippen LogP contribution >= 0.6 is 11.3 Å². The third kappa shape index (κ3) is 3.67. The predicted octanol–water partition coefficient (Wildman–Crippen LogP) is 6.19. The number of likely N-dealkylation sites (N-methyl/N-ethyl adjacent to an activating group) is 1. The van der Waals surface area contributed by atoms with E-state index in [-0.39, 0.29) is 17.3 Å². The minimum absolute atomic E-state index is 0.0922. The highest BCUT2D eigenvalue weighted by Crippen LogP contribution is 2.46. The summed E-state index contributed by atoms with van der Waals surface area (Å²) in [6.07, 6.45) is -0.0922. The Hall–Kier alpha value is -2.60. The number of rotatable bonds is 5. The summed E-state index contributed by atoms with van der Waals surface area (Å²) in [6.45, 7) is 3.59. The van der Waals surface area contributed by atoms with Crippen LogP contribution in [-0.2, 0) is 16.8 Å². The van der Waals surface area contributed by atoms with Gasteiger partial charge in [-0.3, -0.25) is 0 Å². The average molecular weight is 433 g/mol. The van der Waals surface area contributed by atoms with E-state index in [1.165, 1.54) is 39.1 Å². The number of nitrogens with zero attached hydrogens (tertiary/aromatic N) is 2. The molecule has 1 aliphatic heterocycles. The Balaban J connectivity index is 1.53. The van der Waals surface area contributed by atoms with Crippen LogP contribution in [0.5, 0.6) is 0 Å². The molecule has 2 unspecified atom stereocenters. The van der Waals surface area contributed by atoms with Crippen molar-refractivity contribution in [1.82, 2.24) is 9.88 Å². The molecule has 0 radical (unpaired) electrons. The number of aromatic nitrogens is 1. The van der Waals surface area contributed by atoms with Gasteiger partial charge in [0.2, 0.25) is 0 Å². The smallest absolute Gasteiger partial charge is 0.123 e. The second-order valence-corrected chi connectivity index (χ2v) is 9.69. The fourth-order valence-corrected chi connectivity index (χ4v) is 5.47. The van der Waals surface area contributed by atoms with Gasteiger partial charge in [0.25, 0.3) is 0 Å². The quantitative estimate of drug-likeness (QED) is 0.376. The highest BCUT2D eigenvalue weighted by Gasteiger charge is 2.42. The van der Waals surface area contributed by atoms with Crippen LogP contribution in [0.15, 0.2) is 66.2 Å². The van der Waals surface area contributed by atoms with Gasteiger partial charge in [-0.05, 0) is 72.2 Å². The summed E-state index contributed by atoms with van der Waals surface area (Å²) in [6, 6.07) is 19.9. The van der Waals surface area contributed by atoms with E-state index >= 15 is 0 Å². The molecule has 3 nitrogen and oxygen atoms in total. The van der Waals surface area contributed by atoms with Crippen molar-refractivity contribution in [2.45, 2.75) is 25.0 Å². The summed E-state index contributed by atoms with van der Waals surface area (Å²) in [4.78, 5) is 6.62. The normalized spacial score (nSPS) is 17.8. The lowest BCUT2D eigenvalue weighted by Gasteiger charge is -2.38. The minimum atomic E-state index is -0.302. The van der Waals surface area contributed by atoms with Crippen molar-refractivity contribution in [3.05, 3.63) is 88.7 Å². The van der Waals surface area contributed by atoms with E-state index < -0.39 is 0 Å². The molecule has 3 aromatic carbocycles. The first-order valence-electron chi connectivity index (χ1n) is 10.4. The summed E-state index contributed by atoms with van der Waals surface area (Å²) in [5, 5.41) is 0. The van der Waals surface area contributed by atoms with Crippen molar-refractivity contribution in [3.8, 4) is 11.1 Å². The number of thiazole rings is 1. The molecule has 1 aromatic heterocycles. The zero-order valence-electron chi connectivity index (χ0n) is 17.9. The van der Waals surface area contributed by atoms with Gasteiger partial charge in [-0.15, -0.1) is 11.3 Å². The summed E-state index contributed by atoms with van der Waals surface area (Å²) in [7, 11) is 4.13. The third-order valence-electron chi connectivity index (χ3n) is 6.22. The first-order chi connectivity index (χ1) is 14.9. The second-order valence-electron chi connectivity index (χ2n) is 8.80. The number of hydrogen-bond acceptors (Lipinski definition) is 4. The average Bonchev–Trinajstić information content (AvgIpc) is 3.39. The van der Waals surface area contributed by atoms with Gasteiger partial charge < -0.3 is 9.64 Å². The second kappa shape index (κ2) is 7.83. The van der Waals surface area contributed by atoms with E-state index in [0.29, 0.717) is 6.61 Å². The molecular weight excluding hydrogens is 407 g/mol. The van der Waals surface area contributed by atoms with Crippen molar-refractivity contribution in [2.24, 2.45) is 0 Å². The zero-order chi connectivity index (χ0) is 21.6. The molecule has 158 valence electrons. The molecule has 31 heavy (non-hydrogen) atoms. The van der Waals surface area contributed by atoms with Gasteiger partial charge in [-0.25, -0.2) is 9.37 Å². The SMILES string of the molecule is CN(C)CC(C)(c1ccc(F)cc1)C1OCc2cc(-c3ccc4scnc4c3)ccc21. The molecule has 1 aliphatic rings. The Labute approximate surface area is 186 Å². The Morgan fingerprint density at radius 1 is 1.06 bits per heavy atom. The lowest BCUT2D eigenvalue weighted by Crippen LogP contribution is -2.40. The highest BCUT2D eigenvalue weighted by molar-refractivity contribution is 7.16. The monoisotopic (exact) mass is 432 g/mol. The maximum Gasteiger partial charge on any atom is 0.123 e. The summed E-state index contributed by atoms with van der Waals surface area (Å²) in [5.41, 5.74) is 8.47. The summed E-state index contributed by atoms with van der Waals surface area (Å²) < 4.78 is 21.2. The van der Waals surface area contributed by atoms with Crippen molar-refractivity contribution in [1.29, 1.82) is 0 Å². The standard InChI is InChI=1S/C26H25FN2OS/c1-26(15-29(2)3,20-6-8-21(27)9-7-20)25-22-10-4-17(12-19(22)14-30-25)18-5-11-24-23(13-18)28-16-31-24/h4-13,16,25H,14-15H2,1-3H3. The van der Waals surface area contributed by atoms with Gasteiger partial charge >= 0.3 is 0 Å². The van der Waals surface area contributed by atoms with Gasteiger partial charge in [-0.1, -0.05) is 37.3 Å². The third-order valence-corrected chi connectivity index (χ3v) is 7.03. The molecule has 5 heteroatoms. The van der Waals surface area contributed by atoms with Crippen LogP contribution in [0.4, 0.5) is 4.39 Å². The lowest BCUT2D eigenvalue weighted by molar-refractivity contribution is 0.00203. The molecule has 0 bridgehead atoms. The summed E-state index contributed by atoms with van der Waals surface area (Å²) >= 11 is 1.66. The number of fused-ring (bicyclic) bond motifs is 2. The Kier molecular flexibility index (Phi) is 5.13. The minimum Gasteiger partial charge on any atom is -0.368 e. The van der Waals surface area contributed by atoms with Crippen molar-refractivity contribution >= 4 is 21.6 Å².